The predicted octanol–water partition coefficient (Wildman–Crippen LogP) is 5.89. The van der Waals surface area contributed by atoms with Gasteiger partial charge in [0.25, 0.3) is 0 Å². The molecule has 190 valence electrons. The zero-order chi connectivity index (χ0) is 25.9. The van der Waals surface area contributed by atoms with E-state index in [1.807, 2.05) is 62.3 Å². The Morgan fingerprint density at radius 3 is 2.29 bits per heavy atom. The second kappa shape index (κ2) is 11.5. The minimum Gasteiger partial charge on any atom is -0.343 e. The van der Waals surface area contributed by atoms with Gasteiger partial charge in [-0.05, 0) is 62.1 Å². The maximum absolute atomic E-state index is 14.1. The third-order valence-corrected chi connectivity index (χ3v) is 8.52. The average Bonchev–Trinajstić information content (AvgIpc) is 2.83. The molecule has 2 amide bonds. The normalized spacial score (nSPS) is 17.5. The Hall–Kier alpha value is -1.79. The number of carbonyl (C=O) groups is 2. The number of carbonyl (C=O) groups excluding carboxylic acids is 2. The Kier molecular flexibility index (Phi) is 9.14. The molecule has 2 aromatic carbocycles. The van der Waals surface area contributed by atoms with Gasteiger partial charge in [0, 0.05) is 57.8 Å². The lowest BCUT2D eigenvalue weighted by Gasteiger charge is -2.46. The SMILES string of the molecule is CC(=O)N(C)C1CCN(C(C)C(C)(C(=O)N(C)Cc2cccc(Cl)c2)c2ccc(Cl)c(Cl)c2)CC1. The van der Waals surface area contributed by atoms with Crippen LogP contribution in [0.2, 0.25) is 15.1 Å². The van der Waals surface area contributed by atoms with E-state index < -0.39 is 5.41 Å². The minimum atomic E-state index is -0.874. The average molecular weight is 539 g/mol. The summed E-state index contributed by atoms with van der Waals surface area (Å²) in [6.07, 6.45) is 1.73. The van der Waals surface area contributed by atoms with Gasteiger partial charge in [0.15, 0.2) is 0 Å². The molecular formula is C27H34Cl3N3O2. The van der Waals surface area contributed by atoms with Crippen LogP contribution in [0.1, 0.15) is 44.7 Å². The van der Waals surface area contributed by atoms with Crippen LogP contribution >= 0.6 is 34.8 Å². The molecule has 0 aromatic heterocycles. The van der Waals surface area contributed by atoms with Gasteiger partial charge in [-0.3, -0.25) is 14.5 Å². The first kappa shape index (κ1) is 27.8. The van der Waals surface area contributed by atoms with Gasteiger partial charge in [-0.1, -0.05) is 53.0 Å². The fraction of sp³-hybridized carbons (Fsp3) is 0.481. The van der Waals surface area contributed by atoms with Crippen LogP contribution in [0.4, 0.5) is 0 Å². The van der Waals surface area contributed by atoms with E-state index in [9.17, 15) is 9.59 Å². The first-order chi connectivity index (χ1) is 16.4. The highest BCUT2D eigenvalue weighted by molar-refractivity contribution is 6.42. The molecule has 2 atom stereocenters. The molecule has 1 aliphatic rings. The van der Waals surface area contributed by atoms with Crippen molar-refractivity contribution in [2.75, 3.05) is 27.2 Å². The van der Waals surface area contributed by atoms with Crippen molar-refractivity contribution in [2.24, 2.45) is 0 Å². The Balaban J connectivity index is 1.90. The van der Waals surface area contributed by atoms with Crippen LogP contribution in [0.5, 0.6) is 0 Å². The van der Waals surface area contributed by atoms with Crippen LogP contribution in [0, 0.1) is 0 Å². The van der Waals surface area contributed by atoms with Crippen molar-refractivity contribution in [1.82, 2.24) is 14.7 Å². The summed E-state index contributed by atoms with van der Waals surface area (Å²) in [6, 6.07) is 13.1. The van der Waals surface area contributed by atoms with Gasteiger partial charge in [0.1, 0.15) is 0 Å². The summed E-state index contributed by atoms with van der Waals surface area (Å²) >= 11 is 18.8. The summed E-state index contributed by atoms with van der Waals surface area (Å²) in [5.41, 5.74) is 0.914. The van der Waals surface area contributed by atoms with Crippen LogP contribution in [-0.4, -0.2) is 65.8 Å². The van der Waals surface area contributed by atoms with E-state index in [1.54, 1.807) is 17.9 Å². The lowest BCUT2D eigenvalue weighted by Crippen LogP contribution is -2.58. The van der Waals surface area contributed by atoms with E-state index in [4.69, 9.17) is 34.8 Å². The smallest absolute Gasteiger partial charge is 0.234 e. The van der Waals surface area contributed by atoms with Crippen LogP contribution in [-0.2, 0) is 21.5 Å². The first-order valence-corrected chi connectivity index (χ1v) is 13.0. The van der Waals surface area contributed by atoms with E-state index in [0.717, 1.165) is 37.1 Å². The van der Waals surface area contributed by atoms with Crippen LogP contribution < -0.4 is 0 Å². The predicted molar refractivity (Wildman–Crippen MR) is 144 cm³/mol. The maximum atomic E-state index is 14.1. The van der Waals surface area contributed by atoms with Crippen molar-refractivity contribution < 1.29 is 9.59 Å². The second-order valence-corrected chi connectivity index (χ2v) is 10.9. The lowest BCUT2D eigenvalue weighted by atomic mass is 9.74. The van der Waals surface area contributed by atoms with E-state index in [2.05, 4.69) is 11.8 Å². The molecule has 1 heterocycles. The topological polar surface area (TPSA) is 43.9 Å². The zero-order valence-corrected chi connectivity index (χ0v) is 23.3. The van der Waals surface area contributed by atoms with Crippen molar-refractivity contribution in [3.05, 3.63) is 68.7 Å². The molecule has 0 spiro atoms. The Bertz CT molecular complexity index is 1070. The molecule has 0 N–H and O–H groups in total. The van der Waals surface area contributed by atoms with Gasteiger partial charge >= 0.3 is 0 Å². The highest BCUT2D eigenvalue weighted by atomic mass is 35.5. The molecule has 0 aliphatic carbocycles. The third kappa shape index (κ3) is 6.14. The van der Waals surface area contributed by atoms with Crippen molar-refractivity contribution >= 4 is 46.6 Å². The summed E-state index contributed by atoms with van der Waals surface area (Å²) in [4.78, 5) is 31.9. The van der Waals surface area contributed by atoms with E-state index >= 15 is 0 Å². The maximum Gasteiger partial charge on any atom is 0.234 e. The number of hydrogen-bond acceptors (Lipinski definition) is 3. The van der Waals surface area contributed by atoms with Gasteiger partial charge in [0.2, 0.25) is 11.8 Å². The number of nitrogens with zero attached hydrogens (tertiary/aromatic N) is 3. The molecule has 8 heteroatoms. The molecule has 3 rings (SSSR count). The molecule has 2 aromatic rings. The molecule has 2 unspecified atom stereocenters. The third-order valence-electron chi connectivity index (χ3n) is 7.55. The molecule has 0 bridgehead atoms. The summed E-state index contributed by atoms with van der Waals surface area (Å²) in [7, 11) is 3.68. The fourth-order valence-electron chi connectivity index (χ4n) is 5.02. The largest absolute Gasteiger partial charge is 0.343 e. The number of likely N-dealkylation sites (tertiary alicyclic amines) is 1. The number of rotatable bonds is 7. The zero-order valence-electron chi connectivity index (χ0n) is 21.0. The first-order valence-electron chi connectivity index (χ1n) is 11.9. The molecule has 1 saturated heterocycles. The van der Waals surface area contributed by atoms with Crippen LogP contribution in [0.3, 0.4) is 0 Å². The van der Waals surface area contributed by atoms with Crippen molar-refractivity contribution in [3.63, 3.8) is 0 Å². The van der Waals surface area contributed by atoms with Crippen LogP contribution in [0.15, 0.2) is 42.5 Å². The second-order valence-electron chi connectivity index (χ2n) is 9.70. The number of piperidine rings is 1. The quantitative estimate of drug-likeness (QED) is 0.441. The van der Waals surface area contributed by atoms with Crippen molar-refractivity contribution in [3.8, 4) is 0 Å². The highest BCUT2D eigenvalue weighted by Gasteiger charge is 2.45. The molecule has 0 saturated carbocycles. The van der Waals surface area contributed by atoms with Gasteiger partial charge in [-0.15, -0.1) is 0 Å². The Labute approximate surface area is 223 Å². The Morgan fingerprint density at radius 1 is 1.06 bits per heavy atom. The number of halogens is 3. The summed E-state index contributed by atoms with van der Waals surface area (Å²) in [5, 5.41) is 1.52. The highest BCUT2D eigenvalue weighted by Crippen LogP contribution is 2.37. The van der Waals surface area contributed by atoms with Gasteiger partial charge in [0.05, 0.1) is 15.5 Å². The van der Waals surface area contributed by atoms with Crippen molar-refractivity contribution in [1.29, 1.82) is 0 Å². The van der Waals surface area contributed by atoms with Gasteiger partial charge in [-0.2, -0.15) is 0 Å². The molecule has 1 aliphatic heterocycles. The fourth-order valence-corrected chi connectivity index (χ4v) is 5.53. The summed E-state index contributed by atoms with van der Waals surface area (Å²) < 4.78 is 0. The number of benzene rings is 2. The minimum absolute atomic E-state index is 0.00802. The van der Waals surface area contributed by atoms with Crippen LogP contribution in [0.25, 0.3) is 0 Å². The van der Waals surface area contributed by atoms with Crippen molar-refractivity contribution in [2.45, 2.75) is 57.7 Å². The lowest BCUT2D eigenvalue weighted by molar-refractivity contribution is -0.139. The van der Waals surface area contributed by atoms with E-state index in [-0.39, 0.29) is 23.9 Å². The standard InChI is InChI=1S/C27H34Cl3N3O2/c1-18(33-13-11-23(12-14-33)32(5)19(2)34)27(3,21-9-10-24(29)25(30)16-21)26(35)31(4)17-20-7-6-8-22(28)15-20/h6-10,15-16,18,23H,11-14,17H2,1-5H3. The monoisotopic (exact) mass is 537 g/mol. The number of hydrogen-bond donors (Lipinski definition) is 0. The molecule has 1 fully saturated rings. The Morgan fingerprint density at radius 2 is 1.71 bits per heavy atom. The van der Waals surface area contributed by atoms with E-state index in [1.165, 1.54) is 0 Å². The van der Waals surface area contributed by atoms with Gasteiger partial charge < -0.3 is 9.80 Å². The number of likely N-dealkylation sites (N-methyl/N-ethyl adjacent to an activating group) is 1. The summed E-state index contributed by atoms with van der Waals surface area (Å²) in [6.45, 7) is 7.72. The summed E-state index contributed by atoms with van der Waals surface area (Å²) in [5.74, 6) is 0.0707. The molecule has 35 heavy (non-hydrogen) atoms. The number of amides is 2. The van der Waals surface area contributed by atoms with Gasteiger partial charge in [-0.25, -0.2) is 0 Å². The van der Waals surface area contributed by atoms with E-state index in [0.29, 0.717) is 21.6 Å². The molecule has 5 nitrogen and oxygen atoms in total. The molecular weight excluding hydrogens is 505 g/mol. The molecule has 0 radical (unpaired) electrons.